The summed E-state index contributed by atoms with van der Waals surface area (Å²) in [4.78, 5) is 19.5. The van der Waals surface area contributed by atoms with Crippen molar-refractivity contribution < 1.29 is 4.79 Å². The Hall–Kier alpha value is -1.78. The number of nitrogens with zero attached hydrogens (tertiary/aromatic N) is 2. The Kier molecular flexibility index (Phi) is 4.27. The predicted molar refractivity (Wildman–Crippen MR) is 85.2 cm³/mol. The molecule has 1 aromatic carbocycles. The van der Waals surface area contributed by atoms with E-state index in [1.807, 2.05) is 30.3 Å². The lowest BCUT2D eigenvalue weighted by atomic mass is 10.2. The van der Waals surface area contributed by atoms with Crippen LogP contribution in [0, 0.1) is 0 Å². The van der Waals surface area contributed by atoms with Crippen LogP contribution >= 0.6 is 11.6 Å². The molecule has 0 radical (unpaired) electrons. The Balaban J connectivity index is 1.54. The molecule has 1 aromatic heterocycles. The first kappa shape index (κ1) is 14.2. The van der Waals surface area contributed by atoms with Gasteiger partial charge in [-0.25, -0.2) is 0 Å². The average molecular weight is 304 g/mol. The summed E-state index contributed by atoms with van der Waals surface area (Å²) in [5.74, 6) is 0.149. The number of piperazine rings is 1. The molecule has 5 heteroatoms. The summed E-state index contributed by atoms with van der Waals surface area (Å²) in [5.41, 5.74) is 1.84. The maximum Gasteiger partial charge on any atom is 0.192 e. The van der Waals surface area contributed by atoms with Gasteiger partial charge in [0.05, 0.1) is 12.2 Å². The number of rotatable bonds is 4. The van der Waals surface area contributed by atoms with Crippen LogP contribution < -0.4 is 4.90 Å². The topological polar surface area (TPSA) is 39.3 Å². The first-order valence-electron chi connectivity index (χ1n) is 7.12. The predicted octanol–water partition coefficient (Wildman–Crippen LogP) is 2.67. The monoisotopic (exact) mass is 303 g/mol. The normalized spacial score (nSPS) is 16.1. The van der Waals surface area contributed by atoms with Crippen molar-refractivity contribution in [1.82, 2.24) is 9.88 Å². The van der Waals surface area contributed by atoms with Gasteiger partial charge >= 0.3 is 0 Å². The number of aromatic amines is 1. The fourth-order valence-electron chi connectivity index (χ4n) is 2.63. The molecule has 110 valence electrons. The van der Waals surface area contributed by atoms with E-state index in [1.54, 1.807) is 6.20 Å². The number of H-pyrrole nitrogens is 1. The van der Waals surface area contributed by atoms with Crippen molar-refractivity contribution >= 4 is 23.1 Å². The van der Waals surface area contributed by atoms with Gasteiger partial charge in [0.25, 0.3) is 0 Å². The Labute approximate surface area is 129 Å². The summed E-state index contributed by atoms with van der Waals surface area (Å²) in [6.07, 6.45) is 1.78. The smallest absolute Gasteiger partial charge is 0.192 e. The molecule has 1 aliphatic rings. The molecular formula is C16H18ClN3O. The van der Waals surface area contributed by atoms with E-state index in [1.165, 1.54) is 0 Å². The van der Waals surface area contributed by atoms with Crippen LogP contribution in [-0.2, 0) is 0 Å². The van der Waals surface area contributed by atoms with Crippen LogP contribution in [0.1, 0.15) is 10.5 Å². The highest BCUT2D eigenvalue weighted by molar-refractivity contribution is 6.30. The summed E-state index contributed by atoms with van der Waals surface area (Å²) in [7, 11) is 0. The second kappa shape index (κ2) is 6.33. The highest BCUT2D eigenvalue weighted by atomic mass is 35.5. The standard InChI is InChI=1S/C16H18ClN3O/c17-13-3-1-4-14(11-13)20-9-7-19(8-10-20)12-16(21)15-5-2-6-18-15/h1-6,11,18H,7-10,12H2. The van der Waals surface area contributed by atoms with Gasteiger partial charge in [0.15, 0.2) is 5.78 Å². The van der Waals surface area contributed by atoms with Gasteiger partial charge in [-0.1, -0.05) is 17.7 Å². The Bertz CT molecular complexity index is 604. The first-order valence-corrected chi connectivity index (χ1v) is 7.49. The van der Waals surface area contributed by atoms with Crippen molar-refractivity contribution in [2.45, 2.75) is 0 Å². The Morgan fingerprint density at radius 2 is 1.95 bits per heavy atom. The summed E-state index contributed by atoms with van der Waals surface area (Å²) in [6.45, 7) is 4.08. The molecule has 1 saturated heterocycles. The van der Waals surface area contributed by atoms with Crippen LogP contribution in [0.25, 0.3) is 0 Å². The number of carbonyl (C=O) groups is 1. The number of hydrogen-bond donors (Lipinski definition) is 1. The summed E-state index contributed by atoms with van der Waals surface area (Å²) < 4.78 is 0. The summed E-state index contributed by atoms with van der Waals surface area (Å²) in [5, 5.41) is 0.761. The second-order valence-corrected chi connectivity index (χ2v) is 5.69. The molecule has 2 aromatic rings. The number of Topliss-reactive ketones (excluding diaryl/α,β-unsaturated/α-hetero) is 1. The van der Waals surface area contributed by atoms with Crippen LogP contribution in [0.3, 0.4) is 0 Å². The number of nitrogens with one attached hydrogen (secondary N) is 1. The van der Waals surface area contributed by atoms with Gasteiger partial charge in [0, 0.05) is 43.1 Å². The molecule has 2 heterocycles. The van der Waals surface area contributed by atoms with Crippen molar-refractivity contribution in [2.24, 2.45) is 0 Å². The van der Waals surface area contributed by atoms with Gasteiger partial charge in [-0.3, -0.25) is 9.69 Å². The molecule has 1 N–H and O–H groups in total. The van der Waals surface area contributed by atoms with Crippen LogP contribution in [-0.4, -0.2) is 48.4 Å². The maximum atomic E-state index is 12.1. The lowest BCUT2D eigenvalue weighted by molar-refractivity contribution is 0.0922. The molecule has 0 aliphatic carbocycles. The zero-order chi connectivity index (χ0) is 14.7. The SMILES string of the molecule is O=C(CN1CCN(c2cccc(Cl)c2)CC1)c1ccc[nH]1. The summed E-state index contributed by atoms with van der Waals surface area (Å²) in [6, 6.07) is 11.6. The lowest BCUT2D eigenvalue weighted by Gasteiger charge is -2.35. The van der Waals surface area contributed by atoms with E-state index in [0.29, 0.717) is 12.2 Å². The average Bonchev–Trinajstić information content (AvgIpc) is 3.02. The van der Waals surface area contributed by atoms with Crippen molar-refractivity contribution in [3.63, 3.8) is 0 Å². The largest absolute Gasteiger partial charge is 0.369 e. The molecule has 0 saturated carbocycles. The summed E-state index contributed by atoms with van der Waals surface area (Å²) >= 11 is 6.03. The van der Waals surface area contributed by atoms with Crippen molar-refractivity contribution in [1.29, 1.82) is 0 Å². The van der Waals surface area contributed by atoms with Gasteiger partial charge in [0.1, 0.15) is 0 Å². The Morgan fingerprint density at radius 1 is 1.14 bits per heavy atom. The number of benzene rings is 1. The van der Waals surface area contributed by atoms with Crippen molar-refractivity contribution in [3.8, 4) is 0 Å². The van der Waals surface area contributed by atoms with Gasteiger partial charge < -0.3 is 9.88 Å². The lowest BCUT2D eigenvalue weighted by Crippen LogP contribution is -2.48. The van der Waals surface area contributed by atoms with Gasteiger partial charge in [-0.15, -0.1) is 0 Å². The molecule has 21 heavy (non-hydrogen) atoms. The van der Waals surface area contributed by atoms with E-state index in [0.717, 1.165) is 36.9 Å². The van der Waals surface area contributed by atoms with Crippen molar-refractivity contribution in [2.75, 3.05) is 37.6 Å². The van der Waals surface area contributed by atoms with Crippen LogP contribution in [0.2, 0.25) is 5.02 Å². The molecule has 3 rings (SSSR count). The molecular weight excluding hydrogens is 286 g/mol. The number of carbonyl (C=O) groups excluding carboxylic acids is 1. The highest BCUT2D eigenvalue weighted by Crippen LogP contribution is 2.20. The number of ketones is 1. The van der Waals surface area contributed by atoms with E-state index in [2.05, 4.69) is 20.9 Å². The minimum absolute atomic E-state index is 0.149. The third kappa shape index (κ3) is 3.46. The first-order chi connectivity index (χ1) is 10.2. The zero-order valence-corrected chi connectivity index (χ0v) is 12.5. The second-order valence-electron chi connectivity index (χ2n) is 5.25. The van der Waals surface area contributed by atoms with E-state index in [9.17, 15) is 4.79 Å². The maximum absolute atomic E-state index is 12.1. The van der Waals surface area contributed by atoms with E-state index in [4.69, 9.17) is 11.6 Å². The molecule has 4 nitrogen and oxygen atoms in total. The van der Waals surface area contributed by atoms with E-state index >= 15 is 0 Å². The fourth-order valence-corrected chi connectivity index (χ4v) is 2.81. The number of aromatic nitrogens is 1. The Morgan fingerprint density at radius 3 is 2.62 bits per heavy atom. The third-order valence-corrected chi connectivity index (χ3v) is 4.05. The van der Waals surface area contributed by atoms with Gasteiger partial charge in [-0.2, -0.15) is 0 Å². The zero-order valence-electron chi connectivity index (χ0n) is 11.8. The molecule has 1 aliphatic heterocycles. The minimum atomic E-state index is 0.149. The molecule has 0 atom stereocenters. The molecule has 0 spiro atoms. The fraction of sp³-hybridized carbons (Fsp3) is 0.312. The number of hydrogen-bond acceptors (Lipinski definition) is 3. The van der Waals surface area contributed by atoms with Crippen LogP contribution in [0.5, 0.6) is 0 Å². The number of anilines is 1. The minimum Gasteiger partial charge on any atom is -0.369 e. The molecule has 0 amide bonds. The highest BCUT2D eigenvalue weighted by Gasteiger charge is 2.20. The molecule has 0 unspecified atom stereocenters. The van der Waals surface area contributed by atoms with Crippen LogP contribution in [0.4, 0.5) is 5.69 Å². The quantitative estimate of drug-likeness (QED) is 0.883. The van der Waals surface area contributed by atoms with E-state index in [-0.39, 0.29) is 5.78 Å². The molecule has 1 fully saturated rings. The van der Waals surface area contributed by atoms with Gasteiger partial charge in [0.2, 0.25) is 0 Å². The van der Waals surface area contributed by atoms with E-state index < -0.39 is 0 Å². The molecule has 0 bridgehead atoms. The third-order valence-electron chi connectivity index (χ3n) is 3.81. The van der Waals surface area contributed by atoms with Crippen LogP contribution in [0.15, 0.2) is 42.6 Å². The van der Waals surface area contributed by atoms with Crippen molar-refractivity contribution in [3.05, 3.63) is 53.3 Å². The van der Waals surface area contributed by atoms with Gasteiger partial charge in [-0.05, 0) is 30.3 Å². The number of halogens is 1.